The fraction of sp³-hybridized carbons (Fsp3) is 0.357. The number of halogens is 1. The van der Waals surface area contributed by atoms with E-state index in [1.807, 2.05) is 23.9 Å². The maximum Gasteiger partial charge on any atom is 0.161 e. The molecule has 0 aliphatic heterocycles. The summed E-state index contributed by atoms with van der Waals surface area (Å²) in [6, 6.07) is 8.36. The first kappa shape index (κ1) is 14.1. The van der Waals surface area contributed by atoms with E-state index in [2.05, 4.69) is 45.4 Å². The Morgan fingerprint density at radius 1 is 1.37 bits per heavy atom. The van der Waals surface area contributed by atoms with Gasteiger partial charge in [0.25, 0.3) is 0 Å². The molecule has 0 aliphatic carbocycles. The Bertz CT molecular complexity index is 536. The second-order valence-corrected chi connectivity index (χ2v) is 5.18. The van der Waals surface area contributed by atoms with E-state index in [1.54, 1.807) is 13.3 Å². The Morgan fingerprint density at radius 2 is 2.05 bits per heavy atom. The number of aromatic nitrogens is 2. The van der Waals surface area contributed by atoms with Crippen LogP contribution in [0.2, 0.25) is 0 Å². The van der Waals surface area contributed by atoms with Crippen molar-refractivity contribution in [2.45, 2.75) is 13.0 Å². The van der Waals surface area contributed by atoms with E-state index in [0.717, 1.165) is 22.5 Å². The Morgan fingerprint density at radius 3 is 2.63 bits per heavy atom. The molecule has 1 N–H and O–H groups in total. The highest BCUT2D eigenvalue weighted by atomic mass is 79.9. The van der Waals surface area contributed by atoms with Crippen LogP contribution in [0.15, 0.2) is 34.9 Å². The number of methoxy groups -OCH3 is 1. The van der Waals surface area contributed by atoms with Crippen LogP contribution in [-0.2, 0) is 7.05 Å². The van der Waals surface area contributed by atoms with Gasteiger partial charge in [0, 0.05) is 11.5 Å². The summed E-state index contributed by atoms with van der Waals surface area (Å²) in [4.78, 5) is 0. The monoisotopic (exact) mass is 323 g/mol. The summed E-state index contributed by atoms with van der Waals surface area (Å²) in [7, 11) is 3.60. The first-order chi connectivity index (χ1) is 9.17. The van der Waals surface area contributed by atoms with Gasteiger partial charge in [0.2, 0.25) is 0 Å². The molecule has 0 saturated heterocycles. The molecular formula is C14H18BrN3O. The molecule has 5 heteroatoms. The van der Waals surface area contributed by atoms with Crippen molar-refractivity contribution >= 4 is 15.9 Å². The van der Waals surface area contributed by atoms with E-state index in [-0.39, 0.29) is 6.04 Å². The maximum atomic E-state index is 5.41. The highest BCUT2D eigenvalue weighted by molar-refractivity contribution is 9.10. The quantitative estimate of drug-likeness (QED) is 0.919. The molecule has 2 aromatic rings. The molecule has 0 aliphatic rings. The molecule has 1 aromatic heterocycles. The second-order valence-electron chi connectivity index (χ2n) is 4.26. The lowest BCUT2D eigenvalue weighted by Crippen LogP contribution is -2.24. The van der Waals surface area contributed by atoms with Gasteiger partial charge in [-0.2, -0.15) is 5.10 Å². The van der Waals surface area contributed by atoms with Crippen molar-refractivity contribution in [3.63, 3.8) is 0 Å². The van der Waals surface area contributed by atoms with Crippen molar-refractivity contribution in [1.29, 1.82) is 0 Å². The topological polar surface area (TPSA) is 39.1 Å². The van der Waals surface area contributed by atoms with Crippen LogP contribution in [0.5, 0.6) is 5.75 Å². The molecule has 0 bridgehead atoms. The van der Waals surface area contributed by atoms with Crippen molar-refractivity contribution in [3.8, 4) is 5.75 Å². The first-order valence-electron chi connectivity index (χ1n) is 6.22. The number of nitrogens with one attached hydrogen (secondary N) is 1. The number of nitrogens with zero attached hydrogens (tertiary/aromatic N) is 2. The summed E-state index contributed by atoms with van der Waals surface area (Å²) < 4.78 is 8.33. The predicted octanol–water partition coefficient (Wildman–Crippen LogP) is 2.89. The van der Waals surface area contributed by atoms with Gasteiger partial charge in [0.05, 0.1) is 19.3 Å². The summed E-state index contributed by atoms with van der Waals surface area (Å²) in [6.07, 6.45) is 1.75. The molecule has 0 amide bonds. The summed E-state index contributed by atoms with van der Waals surface area (Å²) in [5, 5.41) is 7.76. The second kappa shape index (κ2) is 6.21. The largest absolute Gasteiger partial charge is 0.493 e. The minimum Gasteiger partial charge on any atom is -0.493 e. The molecule has 0 saturated carbocycles. The van der Waals surface area contributed by atoms with Gasteiger partial charge < -0.3 is 10.1 Å². The number of aryl methyl sites for hydroxylation is 1. The third kappa shape index (κ3) is 2.98. The van der Waals surface area contributed by atoms with Gasteiger partial charge in [-0.25, -0.2) is 0 Å². The van der Waals surface area contributed by atoms with E-state index in [4.69, 9.17) is 4.74 Å². The van der Waals surface area contributed by atoms with E-state index in [0.29, 0.717) is 0 Å². The molecule has 102 valence electrons. The van der Waals surface area contributed by atoms with Crippen LogP contribution in [0.25, 0.3) is 0 Å². The van der Waals surface area contributed by atoms with Gasteiger partial charge in [-0.3, -0.25) is 4.68 Å². The Kier molecular flexibility index (Phi) is 4.61. The number of rotatable bonds is 5. The van der Waals surface area contributed by atoms with Crippen LogP contribution in [-0.4, -0.2) is 23.4 Å². The van der Waals surface area contributed by atoms with Crippen molar-refractivity contribution in [3.05, 3.63) is 46.2 Å². The minimum atomic E-state index is 0.0700. The first-order valence-corrected chi connectivity index (χ1v) is 7.01. The van der Waals surface area contributed by atoms with Crippen LogP contribution in [0.3, 0.4) is 0 Å². The van der Waals surface area contributed by atoms with Crippen LogP contribution in [0.4, 0.5) is 0 Å². The van der Waals surface area contributed by atoms with Crippen molar-refractivity contribution in [2.24, 2.45) is 7.05 Å². The molecule has 0 spiro atoms. The van der Waals surface area contributed by atoms with Crippen molar-refractivity contribution in [1.82, 2.24) is 15.1 Å². The fourth-order valence-corrected chi connectivity index (χ4v) is 2.41. The molecule has 0 radical (unpaired) electrons. The standard InChI is InChI=1S/C14H18BrN3O/c1-4-16-13(10-5-7-11(15)8-6-10)14-12(19-3)9-17-18(14)2/h5-9,13,16H,4H2,1-3H3. The third-order valence-corrected chi connectivity index (χ3v) is 3.58. The molecule has 1 unspecified atom stereocenters. The van der Waals surface area contributed by atoms with Crippen LogP contribution < -0.4 is 10.1 Å². The zero-order valence-corrected chi connectivity index (χ0v) is 12.9. The molecule has 2 rings (SSSR count). The van der Waals surface area contributed by atoms with E-state index in [9.17, 15) is 0 Å². The molecule has 1 atom stereocenters. The zero-order valence-electron chi connectivity index (χ0n) is 11.4. The lowest BCUT2D eigenvalue weighted by molar-refractivity contribution is 0.401. The smallest absolute Gasteiger partial charge is 0.161 e. The van der Waals surface area contributed by atoms with Crippen molar-refractivity contribution in [2.75, 3.05) is 13.7 Å². The van der Waals surface area contributed by atoms with Gasteiger partial charge in [0.15, 0.2) is 5.75 Å². The average molecular weight is 324 g/mol. The number of benzene rings is 1. The number of hydrogen-bond donors (Lipinski definition) is 1. The van der Waals surface area contributed by atoms with E-state index < -0.39 is 0 Å². The van der Waals surface area contributed by atoms with E-state index >= 15 is 0 Å². The molecule has 0 fully saturated rings. The van der Waals surface area contributed by atoms with Crippen LogP contribution >= 0.6 is 15.9 Å². The summed E-state index contributed by atoms with van der Waals surface area (Å²) in [5.41, 5.74) is 2.22. The fourth-order valence-electron chi connectivity index (χ4n) is 2.14. The number of hydrogen-bond acceptors (Lipinski definition) is 3. The van der Waals surface area contributed by atoms with Gasteiger partial charge in [-0.05, 0) is 24.2 Å². The molecular weight excluding hydrogens is 306 g/mol. The number of ether oxygens (including phenoxy) is 1. The van der Waals surface area contributed by atoms with Crippen molar-refractivity contribution < 1.29 is 4.74 Å². The third-order valence-electron chi connectivity index (χ3n) is 3.05. The summed E-state index contributed by atoms with van der Waals surface area (Å²) >= 11 is 3.46. The minimum absolute atomic E-state index is 0.0700. The normalized spacial score (nSPS) is 12.4. The summed E-state index contributed by atoms with van der Waals surface area (Å²) in [6.45, 7) is 2.96. The molecule has 19 heavy (non-hydrogen) atoms. The Balaban J connectivity index is 2.44. The van der Waals surface area contributed by atoms with Crippen LogP contribution in [0, 0.1) is 0 Å². The van der Waals surface area contributed by atoms with Gasteiger partial charge in [0.1, 0.15) is 5.69 Å². The highest BCUT2D eigenvalue weighted by Crippen LogP contribution is 2.30. The lowest BCUT2D eigenvalue weighted by atomic mass is 10.0. The van der Waals surface area contributed by atoms with Gasteiger partial charge in [-0.15, -0.1) is 0 Å². The van der Waals surface area contributed by atoms with Gasteiger partial charge in [-0.1, -0.05) is 35.0 Å². The van der Waals surface area contributed by atoms with Crippen LogP contribution in [0.1, 0.15) is 24.2 Å². The Labute approximate surface area is 121 Å². The maximum absolute atomic E-state index is 5.41. The predicted molar refractivity (Wildman–Crippen MR) is 79.4 cm³/mol. The zero-order chi connectivity index (χ0) is 13.8. The SMILES string of the molecule is CCNC(c1ccc(Br)cc1)c1c(OC)cnn1C. The van der Waals surface area contributed by atoms with Gasteiger partial charge >= 0.3 is 0 Å². The van der Waals surface area contributed by atoms with E-state index in [1.165, 1.54) is 5.56 Å². The average Bonchev–Trinajstić information content (AvgIpc) is 2.78. The molecule has 1 heterocycles. The lowest BCUT2D eigenvalue weighted by Gasteiger charge is -2.20. The molecule has 4 nitrogen and oxygen atoms in total. The highest BCUT2D eigenvalue weighted by Gasteiger charge is 2.21. The summed E-state index contributed by atoms with van der Waals surface area (Å²) in [5.74, 6) is 0.802. The molecule has 1 aromatic carbocycles. The Hall–Kier alpha value is -1.33.